The molecule has 0 unspecified atom stereocenters. The van der Waals surface area contributed by atoms with E-state index in [1.54, 1.807) is 12.1 Å². The molecular formula is C31H33F5N2O5. The summed E-state index contributed by atoms with van der Waals surface area (Å²) in [6.45, 7) is -0.0300. The Bertz CT molecular complexity index is 1380. The number of unbranched alkanes of at least 4 members (excludes halogenated alkanes) is 1. The van der Waals surface area contributed by atoms with Crippen molar-refractivity contribution in [2.45, 2.75) is 44.4 Å². The molecule has 0 saturated heterocycles. The summed E-state index contributed by atoms with van der Waals surface area (Å²) < 4.78 is 87.0. The number of alkyl halides is 5. The molecule has 0 saturated carbocycles. The number of carbonyl (C=O) groups is 1. The van der Waals surface area contributed by atoms with E-state index in [9.17, 15) is 26.7 Å². The first-order valence-corrected chi connectivity index (χ1v) is 13.4. The van der Waals surface area contributed by atoms with Crippen LogP contribution in [0.15, 0.2) is 66.7 Å². The summed E-state index contributed by atoms with van der Waals surface area (Å²) in [7, 11) is 1.22. The number of carbonyl (C=O) groups excluding carboxylic acids is 1. The highest BCUT2D eigenvalue weighted by Crippen LogP contribution is 2.37. The molecule has 0 amide bonds. The van der Waals surface area contributed by atoms with Crippen molar-refractivity contribution in [1.29, 1.82) is 0 Å². The number of rotatable bonds is 15. The molecule has 12 heteroatoms. The van der Waals surface area contributed by atoms with Gasteiger partial charge >= 0.3 is 18.3 Å². The van der Waals surface area contributed by atoms with Gasteiger partial charge in [0.25, 0.3) is 0 Å². The van der Waals surface area contributed by atoms with Gasteiger partial charge in [-0.3, -0.25) is 0 Å². The molecule has 43 heavy (non-hydrogen) atoms. The molecule has 232 valence electrons. The van der Waals surface area contributed by atoms with E-state index in [1.165, 1.54) is 49.6 Å². The number of benzene rings is 3. The number of hydrogen-bond acceptors (Lipinski definition) is 7. The standard InChI is InChI=1S/C31H33F5N2O5/c1-40-28-19-23(10-14-27(28)41-18-4-16-30(32,33)34)31(35,36)43-25-12-6-21(7-13-25)8-15-29(39)42-17-3-2-5-22-9-11-24(37)20-26(22)38/h6-15,19-20H,2-5,16-18,37-38H2,1H3/b15-8+. The third-order valence-corrected chi connectivity index (χ3v) is 6.15. The van der Waals surface area contributed by atoms with Gasteiger partial charge in [-0.15, -0.1) is 0 Å². The minimum atomic E-state index is -4.31. The quantitative estimate of drug-likeness (QED) is 0.0614. The van der Waals surface area contributed by atoms with Gasteiger partial charge in [0.05, 0.1) is 25.9 Å². The summed E-state index contributed by atoms with van der Waals surface area (Å²) in [5, 5.41) is 0. The number of halogens is 5. The molecule has 3 rings (SSSR count). The van der Waals surface area contributed by atoms with E-state index >= 15 is 0 Å². The molecule has 7 nitrogen and oxygen atoms in total. The van der Waals surface area contributed by atoms with Gasteiger partial charge in [0.1, 0.15) is 5.75 Å². The highest BCUT2D eigenvalue weighted by molar-refractivity contribution is 5.87. The molecule has 0 fully saturated rings. The minimum absolute atomic E-state index is 0.0299. The molecule has 0 spiro atoms. The Morgan fingerprint density at radius 3 is 2.28 bits per heavy atom. The summed E-state index contributed by atoms with van der Waals surface area (Å²) in [6.07, 6.45) is -4.52. The van der Waals surface area contributed by atoms with Crippen LogP contribution in [0.25, 0.3) is 6.08 Å². The normalized spacial score (nSPS) is 11.9. The first-order valence-electron chi connectivity index (χ1n) is 13.4. The van der Waals surface area contributed by atoms with Crippen molar-refractivity contribution in [3.05, 3.63) is 83.4 Å². The fourth-order valence-electron chi connectivity index (χ4n) is 3.92. The minimum Gasteiger partial charge on any atom is -0.493 e. The Hall–Kier alpha value is -4.48. The Labute approximate surface area is 246 Å². The van der Waals surface area contributed by atoms with Crippen molar-refractivity contribution in [1.82, 2.24) is 0 Å². The first kappa shape index (κ1) is 33.0. The molecule has 3 aromatic rings. The zero-order valence-corrected chi connectivity index (χ0v) is 23.5. The zero-order valence-electron chi connectivity index (χ0n) is 23.5. The number of hydrogen-bond donors (Lipinski definition) is 2. The number of anilines is 2. The number of nitrogens with two attached hydrogens (primary N) is 2. The van der Waals surface area contributed by atoms with Crippen LogP contribution in [0.5, 0.6) is 17.2 Å². The van der Waals surface area contributed by atoms with Crippen LogP contribution in [0.3, 0.4) is 0 Å². The van der Waals surface area contributed by atoms with Crippen molar-refractivity contribution < 1.29 is 45.7 Å². The highest BCUT2D eigenvalue weighted by Gasteiger charge is 2.35. The van der Waals surface area contributed by atoms with E-state index in [4.69, 9.17) is 30.4 Å². The van der Waals surface area contributed by atoms with Crippen LogP contribution >= 0.6 is 0 Å². The monoisotopic (exact) mass is 608 g/mol. The maximum absolute atomic E-state index is 14.9. The molecular weight excluding hydrogens is 575 g/mol. The number of aryl methyl sites for hydroxylation is 1. The van der Waals surface area contributed by atoms with Gasteiger partial charge in [-0.2, -0.15) is 22.0 Å². The van der Waals surface area contributed by atoms with Crippen molar-refractivity contribution in [3.63, 3.8) is 0 Å². The van der Waals surface area contributed by atoms with Gasteiger partial charge in [-0.1, -0.05) is 18.2 Å². The van der Waals surface area contributed by atoms with Crippen LogP contribution in [0, 0.1) is 0 Å². The predicted molar refractivity (Wildman–Crippen MR) is 153 cm³/mol. The van der Waals surface area contributed by atoms with Gasteiger partial charge in [-0.25, -0.2) is 4.79 Å². The summed E-state index contributed by atoms with van der Waals surface area (Å²) in [5.74, 6) is -0.729. The zero-order chi connectivity index (χ0) is 31.5. The Balaban J connectivity index is 1.46. The molecule has 0 bridgehead atoms. The second-order valence-corrected chi connectivity index (χ2v) is 9.54. The lowest BCUT2D eigenvalue weighted by Gasteiger charge is -2.20. The lowest BCUT2D eigenvalue weighted by molar-refractivity contribution is -0.185. The molecule has 0 heterocycles. The summed E-state index contributed by atoms with van der Waals surface area (Å²) in [4.78, 5) is 12.0. The smallest absolute Gasteiger partial charge is 0.426 e. The molecule has 0 radical (unpaired) electrons. The average molecular weight is 609 g/mol. The highest BCUT2D eigenvalue weighted by atomic mass is 19.4. The maximum Gasteiger partial charge on any atom is 0.426 e. The van der Waals surface area contributed by atoms with Crippen LogP contribution in [-0.2, 0) is 22.1 Å². The molecule has 0 aliphatic rings. The number of methoxy groups -OCH3 is 1. The number of nitrogen functional groups attached to an aromatic ring is 2. The SMILES string of the molecule is COc1cc(C(F)(F)Oc2ccc(/C=C/C(=O)OCCCCc3ccc(N)cc3N)cc2)ccc1OCCCC(F)(F)F. The Morgan fingerprint density at radius 1 is 0.860 bits per heavy atom. The van der Waals surface area contributed by atoms with Crippen molar-refractivity contribution >= 4 is 23.4 Å². The van der Waals surface area contributed by atoms with Gasteiger partial charge in [0.2, 0.25) is 0 Å². The van der Waals surface area contributed by atoms with Gasteiger partial charge in [0, 0.05) is 23.9 Å². The maximum atomic E-state index is 14.9. The third kappa shape index (κ3) is 11.0. The van der Waals surface area contributed by atoms with Crippen LogP contribution in [0.1, 0.15) is 42.4 Å². The molecule has 0 atom stereocenters. The summed E-state index contributed by atoms with van der Waals surface area (Å²) >= 11 is 0. The van der Waals surface area contributed by atoms with E-state index in [2.05, 4.69) is 0 Å². The van der Waals surface area contributed by atoms with Crippen LogP contribution < -0.4 is 25.7 Å². The Morgan fingerprint density at radius 2 is 1.60 bits per heavy atom. The van der Waals surface area contributed by atoms with E-state index < -0.39 is 30.2 Å². The second kappa shape index (κ2) is 15.1. The molecule has 0 aliphatic carbocycles. The first-order chi connectivity index (χ1) is 20.4. The number of esters is 1. The molecule has 4 N–H and O–H groups in total. The second-order valence-electron chi connectivity index (χ2n) is 9.54. The summed E-state index contributed by atoms with van der Waals surface area (Å²) in [6, 6.07) is 14.2. The van der Waals surface area contributed by atoms with E-state index in [1.807, 2.05) is 6.07 Å². The third-order valence-electron chi connectivity index (χ3n) is 6.15. The van der Waals surface area contributed by atoms with E-state index in [-0.39, 0.29) is 36.9 Å². The average Bonchev–Trinajstić information content (AvgIpc) is 2.95. The van der Waals surface area contributed by atoms with Crippen LogP contribution in [0.2, 0.25) is 0 Å². The van der Waals surface area contributed by atoms with Gasteiger partial charge in [0.15, 0.2) is 11.5 Å². The van der Waals surface area contributed by atoms with E-state index in [0.29, 0.717) is 23.4 Å². The topological polar surface area (TPSA) is 106 Å². The fourth-order valence-corrected chi connectivity index (χ4v) is 3.92. The van der Waals surface area contributed by atoms with Crippen molar-refractivity contribution in [2.75, 3.05) is 31.8 Å². The Kier molecular flexibility index (Phi) is 11.6. The summed E-state index contributed by atoms with van der Waals surface area (Å²) in [5.41, 5.74) is 13.8. The lowest BCUT2D eigenvalue weighted by Crippen LogP contribution is -2.22. The van der Waals surface area contributed by atoms with Crippen molar-refractivity contribution in [2.24, 2.45) is 0 Å². The fraction of sp³-hybridized carbons (Fsp3) is 0.323. The van der Waals surface area contributed by atoms with Gasteiger partial charge in [-0.05, 0) is 85.4 Å². The lowest BCUT2D eigenvalue weighted by atomic mass is 10.1. The predicted octanol–water partition coefficient (Wildman–Crippen LogP) is 7.29. The van der Waals surface area contributed by atoms with E-state index in [0.717, 1.165) is 30.5 Å². The largest absolute Gasteiger partial charge is 0.493 e. The molecule has 0 aromatic heterocycles. The van der Waals surface area contributed by atoms with Crippen molar-refractivity contribution in [3.8, 4) is 17.2 Å². The molecule has 0 aliphatic heterocycles. The van der Waals surface area contributed by atoms with Crippen LogP contribution in [-0.4, -0.2) is 32.5 Å². The van der Waals surface area contributed by atoms with Gasteiger partial charge < -0.3 is 30.4 Å². The molecule has 3 aromatic carbocycles. The van der Waals surface area contributed by atoms with Crippen LogP contribution in [0.4, 0.5) is 33.3 Å². The number of ether oxygens (including phenoxy) is 4.